The highest BCUT2D eigenvalue weighted by Gasteiger charge is 2.10. The van der Waals surface area contributed by atoms with Crippen molar-refractivity contribution >= 4 is 17.8 Å². The van der Waals surface area contributed by atoms with E-state index in [4.69, 9.17) is 5.73 Å². The molecule has 1 amide bonds. The minimum absolute atomic E-state index is 0.410. The summed E-state index contributed by atoms with van der Waals surface area (Å²) in [5.74, 6) is 0. The molecule has 3 nitrogen and oxygen atoms in total. The first kappa shape index (κ1) is 11.4. The van der Waals surface area contributed by atoms with Crippen LogP contribution in [0.4, 0.5) is 11.4 Å². The third-order valence-corrected chi connectivity index (χ3v) is 2.61. The Balaban J connectivity index is 2.46. The second-order valence-corrected chi connectivity index (χ2v) is 3.64. The van der Waals surface area contributed by atoms with Crippen LogP contribution in [0.15, 0.2) is 54.6 Å². The fourth-order valence-electron chi connectivity index (χ4n) is 1.76. The van der Waals surface area contributed by atoms with Crippen LogP contribution in [0.25, 0.3) is 0 Å². The molecule has 0 saturated heterocycles. The molecule has 17 heavy (non-hydrogen) atoms. The number of carbonyl (C=O) groups is 1. The number of benzene rings is 2. The summed E-state index contributed by atoms with van der Waals surface area (Å²) < 4.78 is 0. The van der Waals surface area contributed by atoms with E-state index in [1.54, 1.807) is 4.90 Å². The quantitative estimate of drug-likeness (QED) is 0.814. The van der Waals surface area contributed by atoms with Crippen molar-refractivity contribution in [1.82, 2.24) is 0 Å². The normalized spacial score (nSPS) is 9.94. The number of nitrogens with zero attached hydrogens (tertiary/aromatic N) is 1. The number of carbonyl (C=O) groups excluding carboxylic acids is 1. The molecule has 0 aliphatic heterocycles. The summed E-state index contributed by atoms with van der Waals surface area (Å²) in [7, 11) is 0. The van der Waals surface area contributed by atoms with Gasteiger partial charge >= 0.3 is 0 Å². The fraction of sp³-hybridized carbons (Fsp3) is 0.0714. The van der Waals surface area contributed by atoms with Gasteiger partial charge in [-0.2, -0.15) is 0 Å². The average Bonchev–Trinajstić information content (AvgIpc) is 2.41. The molecule has 2 aromatic rings. The highest BCUT2D eigenvalue weighted by molar-refractivity contribution is 5.87. The molecule has 0 radical (unpaired) electrons. The van der Waals surface area contributed by atoms with Crippen LogP contribution in [0.5, 0.6) is 0 Å². The lowest BCUT2D eigenvalue weighted by molar-refractivity contribution is -0.106. The van der Waals surface area contributed by atoms with Gasteiger partial charge in [0.25, 0.3) is 0 Å². The van der Waals surface area contributed by atoms with Crippen molar-refractivity contribution in [2.45, 2.75) is 6.54 Å². The number of amides is 1. The van der Waals surface area contributed by atoms with Gasteiger partial charge in [-0.15, -0.1) is 0 Å². The molecule has 0 saturated carbocycles. The van der Waals surface area contributed by atoms with E-state index in [-0.39, 0.29) is 0 Å². The van der Waals surface area contributed by atoms with Crippen molar-refractivity contribution in [3.05, 3.63) is 60.2 Å². The summed E-state index contributed by atoms with van der Waals surface area (Å²) in [5.41, 5.74) is 8.29. The zero-order chi connectivity index (χ0) is 12.1. The van der Waals surface area contributed by atoms with Crippen molar-refractivity contribution in [1.29, 1.82) is 0 Å². The van der Waals surface area contributed by atoms with Gasteiger partial charge in [0.05, 0.1) is 5.69 Å². The lowest BCUT2D eigenvalue weighted by Gasteiger charge is -2.20. The third-order valence-electron chi connectivity index (χ3n) is 2.61. The smallest absolute Gasteiger partial charge is 0.218 e. The molecule has 2 aromatic carbocycles. The first-order valence-corrected chi connectivity index (χ1v) is 5.44. The van der Waals surface area contributed by atoms with Gasteiger partial charge in [-0.1, -0.05) is 36.4 Å². The van der Waals surface area contributed by atoms with Crippen molar-refractivity contribution in [3.63, 3.8) is 0 Å². The Morgan fingerprint density at radius 3 is 2.29 bits per heavy atom. The van der Waals surface area contributed by atoms with Gasteiger partial charge in [0, 0.05) is 12.2 Å². The van der Waals surface area contributed by atoms with Crippen LogP contribution in [0, 0.1) is 0 Å². The van der Waals surface area contributed by atoms with Crippen LogP contribution in [-0.4, -0.2) is 6.41 Å². The van der Waals surface area contributed by atoms with Crippen molar-refractivity contribution in [3.8, 4) is 0 Å². The van der Waals surface area contributed by atoms with E-state index < -0.39 is 0 Å². The SMILES string of the molecule is NCc1ccccc1N(C=O)c1ccccc1. The van der Waals surface area contributed by atoms with Crippen LogP contribution in [0.2, 0.25) is 0 Å². The lowest BCUT2D eigenvalue weighted by Crippen LogP contribution is -2.16. The van der Waals surface area contributed by atoms with E-state index in [1.807, 2.05) is 54.6 Å². The Morgan fingerprint density at radius 1 is 1.00 bits per heavy atom. The molecular formula is C14H14N2O. The predicted octanol–water partition coefficient (Wildman–Crippen LogP) is 2.44. The van der Waals surface area contributed by atoms with Gasteiger partial charge in [-0.3, -0.25) is 9.69 Å². The van der Waals surface area contributed by atoms with Crippen LogP contribution in [0.3, 0.4) is 0 Å². The monoisotopic (exact) mass is 226 g/mol. The van der Waals surface area contributed by atoms with E-state index in [0.29, 0.717) is 6.54 Å². The Hall–Kier alpha value is -2.13. The van der Waals surface area contributed by atoms with E-state index >= 15 is 0 Å². The highest BCUT2D eigenvalue weighted by atomic mass is 16.1. The molecule has 0 bridgehead atoms. The molecule has 0 aliphatic carbocycles. The maximum Gasteiger partial charge on any atom is 0.218 e. The third kappa shape index (κ3) is 2.34. The maximum absolute atomic E-state index is 11.3. The standard InChI is InChI=1S/C14H14N2O/c15-10-12-6-4-5-9-14(12)16(11-17)13-7-2-1-3-8-13/h1-9,11H,10,15H2. The molecule has 3 heteroatoms. The Morgan fingerprint density at radius 2 is 1.65 bits per heavy atom. The first-order valence-electron chi connectivity index (χ1n) is 5.44. The van der Waals surface area contributed by atoms with Crippen LogP contribution in [-0.2, 0) is 11.3 Å². The van der Waals surface area contributed by atoms with Gasteiger partial charge in [0.1, 0.15) is 0 Å². The number of hydrogen-bond acceptors (Lipinski definition) is 2. The molecule has 0 heterocycles. The van der Waals surface area contributed by atoms with E-state index in [0.717, 1.165) is 23.3 Å². The largest absolute Gasteiger partial charge is 0.326 e. The van der Waals surface area contributed by atoms with Crippen molar-refractivity contribution in [2.75, 3.05) is 4.90 Å². The molecule has 0 aliphatic rings. The summed E-state index contributed by atoms with van der Waals surface area (Å²) in [4.78, 5) is 12.9. The number of para-hydroxylation sites is 2. The van der Waals surface area contributed by atoms with Crippen molar-refractivity contribution < 1.29 is 4.79 Å². The number of rotatable bonds is 4. The molecule has 0 unspecified atom stereocenters. The summed E-state index contributed by atoms with van der Waals surface area (Å²) in [6.45, 7) is 0.410. The van der Waals surface area contributed by atoms with Crippen molar-refractivity contribution in [2.24, 2.45) is 5.73 Å². The van der Waals surface area contributed by atoms with Crippen LogP contribution in [0.1, 0.15) is 5.56 Å². The Kier molecular flexibility index (Phi) is 3.52. The van der Waals surface area contributed by atoms with Gasteiger partial charge in [-0.05, 0) is 23.8 Å². The van der Waals surface area contributed by atoms with Gasteiger partial charge in [-0.25, -0.2) is 0 Å². The average molecular weight is 226 g/mol. The van der Waals surface area contributed by atoms with Gasteiger partial charge in [0.2, 0.25) is 6.41 Å². The zero-order valence-corrected chi connectivity index (χ0v) is 9.41. The lowest BCUT2D eigenvalue weighted by atomic mass is 10.1. The molecule has 0 atom stereocenters. The summed E-state index contributed by atoms with van der Waals surface area (Å²) in [6, 6.07) is 17.1. The van der Waals surface area contributed by atoms with E-state index in [1.165, 1.54) is 0 Å². The molecule has 0 fully saturated rings. The highest BCUT2D eigenvalue weighted by Crippen LogP contribution is 2.26. The summed E-state index contributed by atoms with van der Waals surface area (Å²) in [6.07, 6.45) is 0.809. The molecule has 86 valence electrons. The molecular weight excluding hydrogens is 212 g/mol. The van der Waals surface area contributed by atoms with E-state index in [9.17, 15) is 4.79 Å². The minimum Gasteiger partial charge on any atom is -0.326 e. The summed E-state index contributed by atoms with van der Waals surface area (Å²) >= 11 is 0. The molecule has 0 aromatic heterocycles. The topological polar surface area (TPSA) is 46.3 Å². The van der Waals surface area contributed by atoms with Gasteiger partial charge in [0.15, 0.2) is 0 Å². The number of hydrogen-bond donors (Lipinski definition) is 1. The first-order chi connectivity index (χ1) is 8.36. The van der Waals surface area contributed by atoms with Crippen LogP contribution < -0.4 is 10.6 Å². The van der Waals surface area contributed by atoms with Crippen LogP contribution >= 0.6 is 0 Å². The fourth-order valence-corrected chi connectivity index (χ4v) is 1.76. The van der Waals surface area contributed by atoms with Gasteiger partial charge < -0.3 is 5.73 Å². The predicted molar refractivity (Wildman–Crippen MR) is 69.0 cm³/mol. The number of nitrogens with two attached hydrogens (primary N) is 1. The minimum atomic E-state index is 0.410. The second kappa shape index (κ2) is 5.27. The maximum atomic E-state index is 11.3. The Bertz CT molecular complexity index is 497. The van der Waals surface area contributed by atoms with E-state index in [2.05, 4.69) is 0 Å². The Labute approximate surface area is 100 Å². The molecule has 2 N–H and O–H groups in total. The summed E-state index contributed by atoms with van der Waals surface area (Å²) in [5, 5.41) is 0. The second-order valence-electron chi connectivity index (χ2n) is 3.64. The number of anilines is 2. The zero-order valence-electron chi connectivity index (χ0n) is 9.41. The molecule has 2 rings (SSSR count). The molecule has 0 spiro atoms.